The zero-order valence-electron chi connectivity index (χ0n) is 13.5. The topological polar surface area (TPSA) is 49.9 Å². The largest absolute Gasteiger partial charge is 0.411 e. The first-order chi connectivity index (χ1) is 11.7. The minimum atomic E-state index is -4.32. The summed E-state index contributed by atoms with van der Waals surface area (Å²) in [5.41, 5.74) is 0. The second kappa shape index (κ2) is 8.43. The summed E-state index contributed by atoms with van der Waals surface area (Å²) in [6, 6.07) is 4.86. The number of halogens is 4. The lowest BCUT2D eigenvalue weighted by molar-refractivity contribution is -0.174. The highest BCUT2D eigenvalue weighted by Gasteiger charge is 2.29. The van der Waals surface area contributed by atoms with Gasteiger partial charge in [0.15, 0.2) is 0 Å². The molecule has 0 aromatic heterocycles. The molecule has 0 amide bonds. The van der Waals surface area contributed by atoms with Crippen LogP contribution in [0, 0.1) is 5.82 Å². The van der Waals surface area contributed by atoms with Crippen LogP contribution in [0.4, 0.5) is 17.6 Å². The lowest BCUT2D eigenvalue weighted by atomic mass is 10.3. The van der Waals surface area contributed by atoms with Gasteiger partial charge in [0.2, 0.25) is 10.0 Å². The molecule has 10 heteroatoms. The zero-order chi connectivity index (χ0) is 18.5. The van der Waals surface area contributed by atoms with Gasteiger partial charge in [-0.3, -0.25) is 0 Å². The molecule has 25 heavy (non-hydrogen) atoms. The number of sulfonamides is 1. The predicted octanol–water partition coefficient (Wildman–Crippen LogP) is 2.10. The van der Waals surface area contributed by atoms with E-state index in [1.807, 2.05) is 4.90 Å². The molecule has 1 fully saturated rings. The average molecular weight is 384 g/mol. The second-order valence-corrected chi connectivity index (χ2v) is 7.66. The molecule has 1 heterocycles. The Balaban J connectivity index is 1.76. The number of hydrogen-bond donors (Lipinski definition) is 0. The molecule has 0 bridgehead atoms. The molecule has 1 aliphatic heterocycles. The number of rotatable bonds is 7. The van der Waals surface area contributed by atoms with Gasteiger partial charge in [0.05, 0.1) is 4.90 Å². The molecule has 0 spiro atoms. The van der Waals surface area contributed by atoms with Crippen molar-refractivity contribution in [3.63, 3.8) is 0 Å². The van der Waals surface area contributed by atoms with Gasteiger partial charge in [-0.1, -0.05) is 6.07 Å². The molecule has 2 rings (SSSR count). The number of alkyl halides is 3. The monoisotopic (exact) mass is 384 g/mol. The highest BCUT2D eigenvalue weighted by molar-refractivity contribution is 7.89. The lowest BCUT2D eigenvalue weighted by Crippen LogP contribution is -2.48. The van der Waals surface area contributed by atoms with Crippen LogP contribution in [0.15, 0.2) is 29.2 Å². The maximum atomic E-state index is 13.2. The number of ether oxygens (including phenoxy) is 1. The van der Waals surface area contributed by atoms with E-state index in [0.717, 1.165) is 6.07 Å². The first-order valence-electron chi connectivity index (χ1n) is 7.81. The van der Waals surface area contributed by atoms with Gasteiger partial charge in [-0.2, -0.15) is 17.5 Å². The molecule has 0 unspecified atom stereocenters. The number of nitrogens with zero attached hydrogens (tertiary/aromatic N) is 2. The van der Waals surface area contributed by atoms with Crippen LogP contribution in [-0.4, -0.2) is 69.7 Å². The van der Waals surface area contributed by atoms with Crippen molar-refractivity contribution in [1.29, 1.82) is 0 Å². The van der Waals surface area contributed by atoms with E-state index >= 15 is 0 Å². The summed E-state index contributed by atoms with van der Waals surface area (Å²) in [5, 5.41) is 0. The number of hydrogen-bond acceptors (Lipinski definition) is 4. The Bertz CT molecular complexity index is 659. The highest BCUT2D eigenvalue weighted by Crippen LogP contribution is 2.18. The van der Waals surface area contributed by atoms with Crippen molar-refractivity contribution in [2.24, 2.45) is 0 Å². The van der Waals surface area contributed by atoms with Crippen molar-refractivity contribution in [1.82, 2.24) is 9.21 Å². The van der Waals surface area contributed by atoms with Gasteiger partial charge in [0, 0.05) is 39.3 Å². The molecule has 0 N–H and O–H groups in total. The fourth-order valence-electron chi connectivity index (χ4n) is 2.55. The molecular formula is C15H20F4N2O3S. The highest BCUT2D eigenvalue weighted by atomic mass is 32.2. The average Bonchev–Trinajstić information content (AvgIpc) is 2.54. The van der Waals surface area contributed by atoms with Crippen LogP contribution < -0.4 is 0 Å². The third-order valence-corrected chi connectivity index (χ3v) is 5.69. The van der Waals surface area contributed by atoms with Crippen molar-refractivity contribution in [3.05, 3.63) is 30.1 Å². The smallest absolute Gasteiger partial charge is 0.372 e. The summed E-state index contributed by atoms with van der Waals surface area (Å²) in [5.74, 6) is -0.612. The third kappa shape index (κ3) is 6.21. The quantitative estimate of drug-likeness (QED) is 0.534. The van der Waals surface area contributed by atoms with E-state index < -0.39 is 28.6 Å². The lowest BCUT2D eigenvalue weighted by Gasteiger charge is -2.33. The Labute approximate surface area is 144 Å². The molecule has 0 atom stereocenters. The van der Waals surface area contributed by atoms with Gasteiger partial charge < -0.3 is 9.64 Å². The molecule has 142 valence electrons. The molecule has 0 saturated carbocycles. The molecule has 0 radical (unpaired) electrons. The SMILES string of the molecule is O=S(=O)(c1cccc(F)c1)N1CCN(CCCOCC(F)(F)F)CC1. The minimum absolute atomic E-state index is 0.00130. The maximum absolute atomic E-state index is 13.2. The van der Waals surface area contributed by atoms with Crippen molar-refractivity contribution in [2.45, 2.75) is 17.5 Å². The van der Waals surface area contributed by atoms with E-state index in [9.17, 15) is 26.0 Å². The first-order valence-corrected chi connectivity index (χ1v) is 9.25. The van der Waals surface area contributed by atoms with E-state index in [2.05, 4.69) is 4.74 Å². The summed E-state index contributed by atoms with van der Waals surface area (Å²) in [6.45, 7) is 0.714. The van der Waals surface area contributed by atoms with Crippen LogP contribution in [0.25, 0.3) is 0 Å². The third-order valence-electron chi connectivity index (χ3n) is 3.79. The standard InChI is InChI=1S/C15H20F4N2O3S/c16-13-3-1-4-14(11-13)25(22,23)21-8-6-20(7-9-21)5-2-10-24-12-15(17,18)19/h1,3-4,11H,2,5-10,12H2. The van der Waals surface area contributed by atoms with Gasteiger partial charge in [-0.05, 0) is 24.6 Å². The molecular weight excluding hydrogens is 364 g/mol. The minimum Gasteiger partial charge on any atom is -0.372 e. The van der Waals surface area contributed by atoms with Gasteiger partial charge in [0.25, 0.3) is 0 Å². The van der Waals surface area contributed by atoms with E-state index in [1.54, 1.807) is 0 Å². The normalized spacial score (nSPS) is 17.8. The fourth-order valence-corrected chi connectivity index (χ4v) is 4.00. The fraction of sp³-hybridized carbons (Fsp3) is 0.600. The summed E-state index contributed by atoms with van der Waals surface area (Å²) in [7, 11) is -3.74. The van der Waals surface area contributed by atoms with E-state index in [1.165, 1.54) is 22.5 Å². The van der Waals surface area contributed by atoms with Gasteiger partial charge in [-0.25, -0.2) is 12.8 Å². The Kier molecular flexibility index (Phi) is 6.78. The number of benzene rings is 1. The molecule has 1 aromatic carbocycles. The summed E-state index contributed by atoms with van der Waals surface area (Å²) < 4.78 is 79.8. The van der Waals surface area contributed by atoms with E-state index in [4.69, 9.17) is 0 Å². The molecule has 1 aliphatic rings. The zero-order valence-corrected chi connectivity index (χ0v) is 14.3. The van der Waals surface area contributed by atoms with Gasteiger partial charge in [0.1, 0.15) is 12.4 Å². The van der Waals surface area contributed by atoms with Gasteiger partial charge >= 0.3 is 6.18 Å². The molecule has 1 saturated heterocycles. The van der Waals surface area contributed by atoms with Crippen LogP contribution in [0.1, 0.15) is 6.42 Å². The van der Waals surface area contributed by atoms with Crippen molar-refractivity contribution < 1.29 is 30.7 Å². The van der Waals surface area contributed by atoms with Gasteiger partial charge in [-0.15, -0.1) is 0 Å². The van der Waals surface area contributed by atoms with E-state index in [-0.39, 0.29) is 24.6 Å². The van der Waals surface area contributed by atoms with Crippen molar-refractivity contribution >= 4 is 10.0 Å². The molecule has 1 aromatic rings. The Morgan fingerprint density at radius 2 is 1.80 bits per heavy atom. The summed E-state index contributed by atoms with van der Waals surface area (Å²) >= 11 is 0. The number of piperazine rings is 1. The van der Waals surface area contributed by atoms with E-state index in [0.29, 0.717) is 26.1 Å². The molecule has 5 nitrogen and oxygen atoms in total. The van der Waals surface area contributed by atoms with Crippen molar-refractivity contribution in [3.8, 4) is 0 Å². The Morgan fingerprint density at radius 3 is 2.40 bits per heavy atom. The predicted molar refractivity (Wildman–Crippen MR) is 83.1 cm³/mol. The first kappa shape index (κ1) is 20.1. The van der Waals surface area contributed by atoms with Crippen LogP contribution in [0.5, 0.6) is 0 Å². The Morgan fingerprint density at radius 1 is 1.12 bits per heavy atom. The Hall–Kier alpha value is -1.23. The maximum Gasteiger partial charge on any atom is 0.411 e. The van der Waals surface area contributed by atoms with Crippen LogP contribution >= 0.6 is 0 Å². The van der Waals surface area contributed by atoms with Crippen LogP contribution in [-0.2, 0) is 14.8 Å². The van der Waals surface area contributed by atoms with Crippen LogP contribution in [0.2, 0.25) is 0 Å². The van der Waals surface area contributed by atoms with Crippen molar-refractivity contribution in [2.75, 3.05) is 45.9 Å². The summed E-state index contributed by atoms with van der Waals surface area (Å²) in [6.07, 6.45) is -3.89. The van der Waals surface area contributed by atoms with Crippen LogP contribution in [0.3, 0.4) is 0 Å². The molecule has 0 aliphatic carbocycles. The summed E-state index contributed by atoms with van der Waals surface area (Å²) in [4.78, 5) is 1.88. The second-order valence-electron chi connectivity index (χ2n) is 5.72.